The molecule has 4 rings (SSSR count). The maximum absolute atomic E-state index is 14.2. The molecule has 2 fully saturated rings. The van der Waals surface area contributed by atoms with Gasteiger partial charge in [0, 0.05) is 81.0 Å². The van der Waals surface area contributed by atoms with Crippen molar-refractivity contribution in [3.05, 3.63) is 53.1 Å². The van der Waals surface area contributed by atoms with Gasteiger partial charge in [0.2, 0.25) is 5.91 Å². The van der Waals surface area contributed by atoms with Gasteiger partial charge in [0.15, 0.2) is 0 Å². The van der Waals surface area contributed by atoms with Gasteiger partial charge in [0.1, 0.15) is 5.78 Å². The van der Waals surface area contributed by atoms with Gasteiger partial charge in [-0.15, -0.1) is 0 Å². The van der Waals surface area contributed by atoms with Crippen LogP contribution in [0.5, 0.6) is 0 Å². The number of amides is 2. The fourth-order valence-corrected chi connectivity index (χ4v) is 7.90. The van der Waals surface area contributed by atoms with E-state index in [1.54, 1.807) is 13.8 Å². The first-order valence-corrected chi connectivity index (χ1v) is 19.3. The Morgan fingerprint density at radius 3 is 2.27 bits per heavy atom. The van der Waals surface area contributed by atoms with E-state index >= 15 is 0 Å². The molecule has 2 aliphatic rings. The molecule has 51 heavy (non-hydrogen) atoms. The van der Waals surface area contributed by atoms with E-state index in [0.29, 0.717) is 17.7 Å². The van der Waals surface area contributed by atoms with Gasteiger partial charge in [-0.2, -0.15) is 0 Å². The van der Waals surface area contributed by atoms with Gasteiger partial charge in [-0.25, -0.2) is 0 Å². The lowest BCUT2D eigenvalue weighted by atomic mass is 9.80. The largest absolute Gasteiger partial charge is 0.379 e. The lowest BCUT2D eigenvalue weighted by molar-refractivity contribution is -0.127. The van der Waals surface area contributed by atoms with Gasteiger partial charge >= 0.3 is 0 Å². The minimum absolute atomic E-state index is 0.0173. The molecule has 280 valence electrons. The van der Waals surface area contributed by atoms with Crippen molar-refractivity contribution in [2.75, 3.05) is 44.8 Å². The van der Waals surface area contributed by atoms with Crippen molar-refractivity contribution >= 4 is 29.0 Å². The van der Waals surface area contributed by atoms with Crippen molar-refractivity contribution < 1.29 is 19.1 Å². The lowest BCUT2D eigenvalue weighted by Gasteiger charge is -2.37. The van der Waals surface area contributed by atoms with Crippen LogP contribution in [0.15, 0.2) is 36.4 Å². The molecular weight excluding hydrogens is 638 g/mol. The quantitative estimate of drug-likeness (QED) is 0.151. The Kier molecular flexibility index (Phi) is 15.2. The minimum Gasteiger partial charge on any atom is -0.379 e. The standard InChI is InChI=1S/C42H63N5O4/c1-8-9-10-28(2)41(49)39(29(3)23-30(4)43)26-44-42(50)38-24-35(34-13-11-33(12-14-34)27-47-19-21-51-22-20-47)25-40(31(38)5)46(7)37-17-15-36(16-18-37)45-32(6)48/h11-14,24-25,28-29,36-37,39,43H,8-10,15-23,26-27H2,1-7H3,(H,44,50)(H,45,48)/t28-,29?,36?,37?,39?/m0/s1. The zero-order valence-electron chi connectivity index (χ0n) is 32.3. The average Bonchev–Trinajstić information content (AvgIpc) is 3.11. The summed E-state index contributed by atoms with van der Waals surface area (Å²) in [5.74, 6) is -0.474. The molecule has 1 aliphatic carbocycles. The van der Waals surface area contributed by atoms with Crippen LogP contribution in [0.3, 0.4) is 0 Å². The number of unbranched alkanes of at least 4 members (excludes halogenated alkanes) is 1. The number of carbonyl (C=O) groups is 3. The normalized spacial score (nSPS) is 19.8. The van der Waals surface area contributed by atoms with Crippen LogP contribution in [0, 0.1) is 30.1 Å². The molecule has 3 N–H and O–H groups in total. The second-order valence-corrected chi connectivity index (χ2v) is 15.3. The molecule has 2 aromatic rings. The van der Waals surface area contributed by atoms with E-state index in [9.17, 15) is 14.4 Å². The second kappa shape index (κ2) is 19.3. The van der Waals surface area contributed by atoms with Crippen molar-refractivity contribution in [3.63, 3.8) is 0 Å². The van der Waals surface area contributed by atoms with E-state index in [1.807, 2.05) is 26.8 Å². The number of benzene rings is 2. The Hall–Kier alpha value is -3.56. The summed E-state index contributed by atoms with van der Waals surface area (Å²) in [6.45, 7) is 16.1. The zero-order valence-corrected chi connectivity index (χ0v) is 32.3. The molecule has 2 unspecified atom stereocenters. The third-order valence-corrected chi connectivity index (χ3v) is 11.1. The number of ketones is 1. The average molecular weight is 702 g/mol. The number of Topliss-reactive ketones (excluding diaryl/α,β-unsaturated/α-hetero) is 1. The molecule has 1 saturated heterocycles. The van der Waals surface area contributed by atoms with E-state index in [2.05, 4.69) is 64.7 Å². The molecule has 0 aromatic heterocycles. The van der Waals surface area contributed by atoms with Crippen LogP contribution >= 0.6 is 0 Å². The number of ether oxygens (including phenoxy) is 1. The Bertz CT molecular complexity index is 1480. The summed E-state index contributed by atoms with van der Waals surface area (Å²) in [4.78, 5) is 44.3. The minimum atomic E-state index is -0.357. The molecule has 1 aliphatic heterocycles. The lowest BCUT2D eigenvalue weighted by Crippen LogP contribution is -2.42. The van der Waals surface area contributed by atoms with Crippen LogP contribution in [0.25, 0.3) is 11.1 Å². The first kappa shape index (κ1) is 40.2. The van der Waals surface area contributed by atoms with Gasteiger partial charge in [-0.05, 0) is 92.7 Å². The highest BCUT2D eigenvalue weighted by Gasteiger charge is 2.31. The summed E-state index contributed by atoms with van der Waals surface area (Å²) in [5.41, 5.74) is 6.36. The van der Waals surface area contributed by atoms with Crippen molar-refractivity contribution in [2.45, 2.75) is 112 Å². The summed E-state index contributed by atoms with van der Waals surface area (Å²) < 4.78 is 5.52. The molecule has 0 radical (unpaired) electrons. The van der Waals surface area contributed by atoms with Gasteiger partial charge < -0.3 is 25.7 Å². The summed E-state index contributed by atoms with van der Waals surface area (Å²) in [5, 5.41) is 14.4. The Balaban J connectivity index is 1.62. The first-order chi connectivity index (χ1) is 24.4. The molecule has 9 nitrogen and oxygen atoms in total. The SMILES string of the molecule is CCCC[C@H](C)C(=O)C(CNC(=O)c1cc(-c2ccc(CN3CCOCC3)cc2)cc(N(C)C2CCC(NC(C)=O)CC2)c1C)C(C)CC(C)=N. The predicted octanol–water partition coefficient (Wildman–Crippen LogP) is 7.18. The number of nitrogens with one attached hydrogen (secondary N) is 3. The van der Waals surface area contributed by atoms with E-state index in [4.69, 9.17) is 10.1 Å². The molecule has 0 bridgehead atoms. The van der Waals surface area contributed by atoms with E-state index < -0.39 is 0 Å². The van der Waals surface area contributed by atoms with Crippen LogP contribution in [0.2, 0.25) is 0 Å². The highest BCUT2D eigenvalue weighted by molar-refractivity contribution is 5.99. The maximum atomic E-state index is 14.2. The summed E-state index contributed by atoms with van der Waals surface area (Å²) in [6, 6.07) is 13.4. The molecule has 3 atom stereocenters. The Morgan fingerprint density at radius 1 is 1.00 bits per heavy atom. The summed E-state index contributed by atoms with van der Waals surface area (Å²) in [6.07, 6.45) is 7.14. The van der Waals surface area contributed by atoms with Crippen molar-refractivity contribution in [2.24, 2.45) is 17.8 Å². The monoisotopic (exact) mass is 701 g/mol. The van der Waals surface area contributed by atoms with E-state index in [-0.39, 0.29) is 54.0 Å². The van der Waals surface area contributed by atoms with Gasteiger partial charge in [0.25, 0.3) is 5.91 Å². The Morgan fingerprint density at radius 2 is 1.67 bits per heavy atom. The number of hydrogen-bond acceptors (Lipinski definition) is 7. The summed E-state index contributed by atoms with van der Waals surface area (Å²) in [7, 11) is 2.12. The van der Waals surface area contributed by atoms with E-state index in [0.717, 1.165) is 100 Å². The molecule has 2 aromatic carbocycles. The van der Waals surface area contributed by atoms with Crippen LogP contribution in [0.4, 0.5) is 5.69 Å². The van der Waals surface area contributed by atoms with Crippen LogP contribution in [0.1, 0.15) is 107 Å². The molecule has 1 saturated carbocycles. The van der Waals surface area contributed by atoms with Crippen molar-refractivity contribution in [1.29, 1.82) is 5.41 Å². The van der Waals surface area contributed by atoms with Crippen LogP contribution in [-0.4, -0.2) is 80.2 Å². The molecule has 2 amide bonds. The topological polar surface area (TPSA) is 115 Å². The van der Waals surface area contributed by atoms with Crippen molar-refractivity contribution in [1.82, 2.24) is 15.5 Å². The molecule has 0 spiro atoms. The van der Waals surface area contributed by atoms with Crippen LogP contribution in [-0.2, 0) is 20.9 Å². The number of anilines is 1. The fourth-order valence-electron chi connectivity index (χ4n) is 7.90. The van der Waals surface area contributed by atoms with Gasteiger partial charge in [-0.3, -0.25) is 19.3 Å². The third kappa shape index (κ3) is 11.5. The number of rotatable bonds is 17. The maximum Gasteiger partial charge on any atom is 0.251 e. The second-order valence-electron chi connectivity index (χ2n) is 15.3. The number of morpholine rings is 1. The number of nitrogens with zero attached hydrogens (tertiary/aromatic N) is 2. The highest BCUT2D eigenvalue weighted by Crippen LogP contribution is 2.35. The van der Waals surface area contributed by atoms with Gasteiger partial charge in [0.05, 0.1) is 13.2 Å². The third-order valence-electron chi connectivity index (χ3n) is 11.1. The smallest absolute Gasteiger partial charge is 0.251 e. The van der Waals surface area contributed by atoms with Crippen LogP contribution < -0.4 is 15.5 Å². The first-order valence-electron chi connectivity index (χ1n) is 19.3. The van der Waals surface area contributed by atoms with E-state index in [1.165, 1.54) is 5.56 Å². The number of carbonyl (C=O) groups excluding carboxylic acids is 3. The fraction of sp³-hybridized carbons (Fsp3) is 0.619. The van der Waals surface area contributed by atoms with Gasteiger partial charge in [-0.1, -0.05) is 57.9 Å². The molecule has 9 heteroatoms. The number of hydrogen-bond donors (Lipinski definition) is 3. The molecular formula is C42H63N5O4. The highest BCUT2D eigenvalue weighted by atomic mass is 16.5. The molecule has 1 heterocycles. The Labute approximate surface area is 306 Å². The summed E-state index contributed by atoms with van der Waals surface area (Å²) >= 11 is 0. The zero-order chi connectivity index (χ0) is 37.1. The van der Waals surface area contributed by atoms with Crippen molar-refractivity contribution in [3.8, 4) is 11.1 Å². The predicted molar refractivity (Wildman–Crippen MR) is 208 cm³/mol.